The number of ether oxygens (including phenoxy) is 1. The summed E-state index contributed by atoms with van der Waals surface area (Å²) in [5.74, 6) is 0. The molecule has 1 heterocycles. The summed E-state index contributed by atoms with van der Waals surface area (Å²) in [4.78, 5) is 0. The van der Waals surface area contributed by atoms with Gasteiger partial charge in [-0.1, -0.05) is 12.1 Å². The molecule has 1 aliphatic rings. The van der Waals surface area contributed by atoms with Crippen LogP contribution in [0.2, 0.25) is 0 Å². The summed E-state index contributed by atoms with van der Waals surface area (Å²) in [7, 11) is 0. The van der Waals surface area contributed by atoms with Gasteiger partial charge >= 0.3 is 6.18 Å². The number of alkyl halides is 3. The Labute approximate surface area is 103 Å². The number of rotatable bonds is 2. The maximum Gasteiger partial charge on any atom is 0.416 e. The maximum absolute atomic E-state index is 12.6. The standard InChI is InChI=1S/C13H15F3O2/c1-12(6-3-7-18-12)11(17)9-4-2-5-10(8-9)13(14,15)16/h2,4-5,8,11,17H,3,6-7H2,1H3. The Hall–Kier alpha value is -1.07. The molecule has 0 radical (unpaired) electrons. The molecular weight excluding hydrogens is 245 g/mol. The van der Waals surface area contributed by atoms with E-state index in [2.05, 4.69) is 0 Å². The van der Waals surface area contributed by atoms with Crippen LogP contribution >= 0.6 is 0 Å². The fourth-order valence-corrected chi connectivity index (χ4v) is 2.25. The monoisotopic (exact) mass is 260 g/mol. The second-order valence-electron chi connectivity index (χ2n) is 4.79. The van der Waals surface area contributed by atoms with Gasteiger partial charge in [0.1, 0.15) is 6.10 Å². The third-order valence-corrected chi connectivity index (χ3v) is 3.36. The van der Waals surface area contributed by atoms with E-state index in [1.807, 2.05) is 0 Å². The van der Waals surface area contributed by atoms with E-state index < -0.39 is 23.4 Å². The van der Waals surface area contributed by atoms with Gasteiger partial charge in [0.15, 0.2) is 0 Å². The highest BCUT2D eigenvalue weighted by atomic mass is 19.4. The Balaban J connectivity index is 2.28. The summed E-state index contributed by atoms with van der Waals surface area (Å²) in [5.41, 5.74) is -1.29. The number of benzene rings is 1. The van der Waals surface area contributed by atoms with Crippen molar-refractivity contribution in [3.05, 3.63) is 35.4 Å². The first kappa shape index (κ1) is 13.4. The van der Waals surface area contributed by atoms with Crippen LogP contribution < -0.4 is 0 Å². The molecule has 2 nitrogen and oxygen atoms in total. The van der Waals surface area contributed by atoms with Gasteiger partial charge in [-0.05, 0) is 37.5 Å². The molecule has 1 saturated heterocycles. The number of aliphatic hydroxyl groups is 1. The molecule has 1 aliphatic heterocycles. The summed E-state index contributed by atoms with van der Waals surface area (Å²) in [6.45, 7) is 2.26. The average Bonchev–Trinajstić information content (AvgIpc) is 2.75. The molecule has 1 N–H and O–H groups in total. The molecule has 5 heteroatoms. The van der Waals surface area contributed by atoms with E-state index in [1.54, 1.807) is 6.92 Å². The Morgan fingerprint density at radius 3 is 2.67 bits per heavy atom. The molecule has 0 bridgehead atoms. The van der Waals surface area contributed by atoms with Gasteiger partial charge in [-0.25, -0.2) is 0 Å². The first-order chi connectivity index (χ1) is 8.33. The summed E-state index contributed by atoms with van der Waals surface area (Å²) in [6, 6.07) is 4.78. The maximum atomic E-state index is 12.6. The molecule has 1 aromatic carbocycles. The van der Waals surface area contributed by atoms with E-state index in [0.717, 1.165) is 18.6 Å². The van der Waals surface area contributed by atoms with Crippen molar-refractivity contribution in [2.24, 2.45) is 0 Å². The Morgan fingerprint density at radius 1 is 1.39 bits per heavy atom. The van der Waals surface area contributed by atoms with Crippen molar-refractivity contribution in [3.63, 3.8) is 0 Å². The van der Waals surface area contributed by atoms with Gasteiger partial charge in [-0.2, -0.15) is 13.2 Å². The van der Waals surface area contributed by atoms with E-state index >= 15 is 0 Å². The number of hydrogen-bond donors (Lipinski definition) is 1. The Morgan fingerprint density at radius 2 is 2.11 bits per heavy atom. The fourth-order valence-electron chi connectivity index (χ4n) is 2.25. The van der Waals surface area contributed by atoms with Crippen molar-refractivity contribution in [1.29, 1.82) is 0 Å². The quantitative estimate of drug-likeness (QED) is 0.884. The second-order valence-corrected chi connectivity index (χ2v) is 4.79. The third kappa shape index (κ3) is 2.52. The third-order valence-electron chi connectivity index (χ3n) is 3.36. The molecule has 0 aromatic heterocycles. The zero-order chi connectivity index (χ0) is 13.4. The Kier molecular flexibility index (Phi) is 3.38. The zero-order valence-corrected chi connectivity index (χ0v) is 10.00. The van der Waals surface area contributed by atoms with Gasteiger partial charge < -0.3 is 9.84 Å². The minimum Gasteiger partial charge on any atom is -0.385 e. The summed E-state index contributed by atoms with van der Waals surface area (Å²) in [5, 5.41) is 10.2. The molecule has 100 valence electrons. The largest absolute Gasteiger partial charge is 0.416 e. The molecule has 2 unspecified atom stereocenters. The van der Waals surface area contributed by atoms with Gasteiger partial charge in [-0.3, -0.25) is 0 Å². The molecule has 1 aromatic rings. The topological polar surface area (TPSA) is 29.5 Å². The van der Waals surface area contributed by atoms with Gasteiger partial charge in [0.2, 0.25) is 0 Å². The molecule has 0 spiro atoms. The van der Waals surface area contributed by atoms with Crippen molar-refractivity contribution >= 4 is 0 Å². The van der Waals surface area contributed by atoms with Crippen molar-refractivity contribution in [2.75, 3.05) is 6.61 Å². The summed E-state index contributed by atoms with van der Waals surface area (Å²) in [6.07, 6.45) is -3.98. The Bertz CT molecular complexity index is 422. The predicted molar refractivity (Wildman–Crippen MR) is 60.0 cm³/mol. The van der Waals surface area contributed by atoms with Crippen LogP contribution in [-0.4, -0.2) is 17.3 Å². The van der Waals surface area contributed by atoms with E-state index in [0.29, 0.717) is 13.0 Å². The van der Waals surface area contributed by atoms with Crippen LogP contribution in [0.15, 0.2) is 24.3 Å². The predicted octanol–water partition coefficient (Wildman–Crippen LogP) is 3.31. The van der Waals surface area contributed by atoms with Gasteiger partial charge in [0.25, 0.3) is 0 Å². The first-order valence-electron chi connectivity index (χ1n) is 5.82. The normalized spacial score (nSPS) is 26.3. The highest BCUT2D eigenvalue weighted by Gasteiger charge is 2.39. The SMILES string of the molecule is CC1(C(O)c2cccc(C(F)(F)F)c2)CCCO1. The highest BCUT2D eigenvalue weighted by molar-refractivity contribution is 5.28. The molecule has 2 rings (SSSR count). The van der Waals surface area contributed by atoms with Crippen molar-refractivity contribution in [3.8, 4) is 0 Å². The molecule has 0 aliphatic carbocycles. The smallest absolute Gasteiger partial charge is 0.385 e. The van der Waals surface area contributed by atoms with Crippen LogP contribution in [0.1, 0.15) is 37.0 Å². The fraction of sp³-hybridized carbons (Fsp3) is 0.538. The average molecular weight is 260 g/mol. The molecule has 0 amide bonds. The highest BCUT2D eigenvalue weighted by Crippen LogP contribution is 2.39. The van der Waals surface area contributed by atoms with Crippen molar-refractivity contribution in [2.45, 2.75) is 37.6 Å². The van der Waals surface area contributed by atoms with E-state index in [-0.39, 0.29) is 5.56 Å². The number of aliphatic hydroxyl groups excluding tert-OH is 1. The molecule has 18 heavy (non-hydrogen) atoms. The van der Waals surface area contributed by atoms with Crippen LogP contribution in [0.3, 0.4) is 0 Å². The van der Waals surface area contributed by atoms with Crippen molar-refractivity contribution < 1.29 is 23.0 Å². The lowest BCUT2D eigenvalue weighted by Gasteiger charge is -2.29. The van der Waals surface area contributed by atoms with Gasteiger partial charge in [0, 0.05) is 6.61 Å². The van der Waals surface area contributed by atoms with Crippen molar-refractivity contribution in [1.82, 2.24) is 0 Å². The second kappa shape index (κ2) is 4.55. The van der Waals surface area contributed by atoms with Gasteiger partial charge in [-0.15, -0.1) is 0 Å². The first-order valence-corrected chi connectivity index (χ1v) is 5.82. The van der Waals surface area contributed by atoms with Crippen LogP contribution in [-0.2, 0) is 10.9 Å². The summed E-state index contributed by atoms with van der Waals surface area (Å²) >= 11 is 0. The van der Waals surface area contributed by atoms with Crippen LogP contribution in [0.25, 0.3) is 0 Å². The van der Waals surface area contributed by atoms with Crippen LogP contribution in [0.4, 0.5) is 13.2 Å². The molecule has 0 saturated carbocycles. The zero-order valence-electron chi connectivity index (χ0n) is 10.00. The minimum atomic E-state index is -4.40. The van der Waals surface area contributed by atoms with Gasteiger partial charge in [0.05, 0.1) is 11.2 Å². The molecular formula is C13H15F3O2. The number of halogens is 3. The lowest BCUT2D eigenvalue weighted by Crippen LogP contribution is -2.32. The lowest BCUT2D eigenvalue weighted by atomic mass is 9.89. The van der Waals surface area contributed by atoms with E-state index in [9.17, 15) is 18.3 Å². The minimum absolute atomic E-state index is 0.245. The number of hydrogen-bond acceptors (Lipinski definition) is 2. The molecule has 1 fully saturated rings. The van der Waals surface area contributed by atoms with E-state index in [1.165, 1.54) is 12.1 Å². The van der Waals surface area contributed by atoms with Crippen LogP contribution in [0.5, 0.6) is 0 Å². The van der Waals surface area contributed by atoms with Crippen LogP contribution in [0, 0.1) is 0 Å². The van der Waals surface area contributed by atoms with E-state index in [4.69, 9.17) is 4.74 Å². The summed E-state index contributed by atoms with van der Waals surface area (Å²) < 4.78 is 43.2. The molecule has 2 atom stereocenters. The lowest BCUT2D eigenvalue weighted by molar-refractivity contribution is -0.137.